The van der Waals surface area contributed by atoms with Crippen LogP contribution in [-0.2, 0) is 6.54 Å². The molecule has 1 N–H and O–H groups in total. The maximum Gasteiger partial charge on any atom is 0.115 e. The molecular formula is C23H19N3. The van der Waals surface area contributed by atoms with Crippen molar-refractivity contribution < 1.29 is 0 Å². The molecule has 1 unspecified atom stereocenters. The first-order chi connectivity index (χ1) is 12.9. The molecule has 126 valence electrons. The Balaban J connectivity index is 1.56. The zero-order valence-corrected chi connectivity index (χ0v) is 14.4. The molecular weight excluding hydrogens is 318 g/mol. The minimum atomic E-state index is 0.379. The summed E-state index contributed by atoms with van der Waals surface area (Å²) < 4.78 is 0. The molecule has 1 aliphatic heterocycles. The molecule has 0 fully saturated rings. The van der Waals surface area contributed by atoms with Crippen LogP contribution in [0.1, 0.15) is 22.6 Å². The lowest BCUT2D eigenvalue weighted by atomic mass is 9.83. The number of hydrogen-bond acceptors (Lipinski definition) is 3. The number of fused-ring (bicyclic) bond motifs is 2. The second kappa shape index (κ2) is 6.36. The van der Waals surface area contributed by atoms with Crippen molar-refractivity contribution in [3.05, 3.63) is 96.1 Å². The first kappa shape index (κ1) is 15.2. The number of aromatic nitrogens is 2. The molecule has 0 amide bonds. The molecule has 0 spiro atoms. The standard InChI is InChI=1S/C23H19N3/c1-2-4-17-9-19(6-5-16(17)3-1)23-14-24-11-20-10-18(7-8-22(20)23)21-12-25-15-26-13-21/h1-10,12-13,15,23-24H,11,14H2. The van der Waals surface area contributed by atoms with Crippen molar-refractivity contribution in [1.29, 1.82) is 0 Å². The predicted molar refractivity (Wildman–Crippen MR) is 105 cm³/mol. The Labute approximate surface area is 152 Å². The van der Waals surface area contributed by atoms with Crippen molar-refractivity contribution in [2.24, 2.45) is 0 Å². The molecule has 3 nitrogen and oxygen atoms in total. The van der Waals surface area contributed by atoms with Gasteiger partial charge in [-0.2, -0.15) is 0 Å². The van der Waals surface area contributed by atoms with Gasteiger partial charge in [0.15, 0.2) is 0 Å². The molecule has 4 aromatic rings. The highest BCUT2D eigenvalue weighted by Crippen LogP contribution is 2.34. The summed E-state index contributed by atoms with van der Waals surface area (Å²) in [7, 11) is 0. The topological polar surface area (TPSA) is 37.8 Å². The smallest absolute Gasteiger partial charge is 0.115 e. The zero-order valence-electron chi connectivity index (χ0n) is 14.4. The summed E-state index contributed by atoms with van der Waals surface area (Å²) in [6.45, 7) is 1.88. The number of rotatable bonds is 2. The van der Waals surface area contributed by atoms with Gasteiger partial charge in [0.05, 0.1) is 0 Å². The third-order valence-corrected chi connectivity index (χ3v) is 5.25. The van der Waals surface area contributed by atoms with E-state index >= 15 is 0 Å². The van der Waals surface area contributed by atoms with Crippen molar-refractivity contribution in [3.63, 3.8) is 0 Å². The van der Waals surface area contributed by atoms with E-state index < -0.39 is 0 Å². The SMILES string of the molecule is c1ccc2cc(C3CNCc4cc(-c5cncnc5)ccc43)ccc2c1. The first-order valence-electron chi connectivity index (χ1n) is 8.96. The van der Waals surface area contributed by atoms with E-state index in [0.29, 0.717) is 5.92 Å². The Bertz CT molecular complexity index is 1070. The number of benzene rings is 3. The third-order valence-electron chi connectivity index (χ3n) is 5.25. The molecule has 26 heavy (non-hydrogen) atoms. The van der Waals surface area contributed by atoms with Crippen LogP contribution in [0.25, 0.3) is 21.9 Å². The van der Waals surface area contributed by atoms with Crippen LogP contribution in [0.5, 0.6) is 0 Å². The van der Waals surface area contributed by atoms with Crippen LogP contribution in [0.4, 0.5) is 0 Å². The molecule has 1 atom stereocenters. The highest BCUT2D eigenvalue weighted by molar-refractivity contribution is 5.83. The zero-order chi connectivity index (χ0) is 17.3. The lowest BCUT2D eigenvalue weighted by molar-refractivity contribution is 0.592. The lowest BCUT2D eigenvalue weighted by Gasteiger charge is -2.27. The van der Waals surface area contributed by atoms with Crippen molar-refractivity contribution in [3.8, 4) is 11.1 Å². The minimum Gasteiger partial charge on any atom is -0.312 e. The average molecular weight is 337 g/mol. The second-order valence-corrected chi connectivity index (χ2v) is 6.83. The monoisotopic (exact) mass is 337 g/mol. The van der Waals surface area contributed by atoms with Gasteiger partial charge in [0.2, 0.25) is 0 Å². The van der Waals surface area contributed by atoms with Gasteiger partial charge in [0.1, 0.15) is 6.33 Å². The van der Waals surface area contributed by atoms with E-state index in [9.17, 15) is 0 Å². The van der Waals surface area contributed by atoms with Gasteiger partial charge in [-0.25, -0.2) is 9.97 Å². The van der Waals surface area contributed by atoms with Crippen molar-refractivity contribution in [2.75, 3.05) is 6.54 Å². The molecule has 0 saturated heterocycles. The molecule has 0 radical (unpaired) electrons. The largest absolute Gasteiger partial charge is 0.312 e. The van der Waals surface area contributed by atoms with Gasteiger partial charge in [0.25, 0.3) is 0 Å². The van der Waals surface area contributed by atoms with E-state index in [-0.39, 0.29) is 0 Å². The van der Waals surface area contributed by atoms with E-state index in [1.165, 1.54) is 33.0 Å². The summed E-state index contributed by atoms with van der Waals surface area (Å²) in [5.41, 5.74) is 6.37. The van der Waals surface area contributed by atoms with Crippen LogP contribution in [0.2, 0.25) is 0 Å². The molecule has 0 saturated carbocycles. The number of nitrogens with zero attached hydrogens (tertiary/aromatic N) is 2. The van der Waals surface area contributed by atoms with E-state index in [0.717, 1.165) is 18.7 Å². The summed E-state index contributed by atoms with van der Waals surface area (Å²) in [4.78, 5) is 8.28. The molecule has 5 rings (SSSR count). The second-order valence-electron chi connectivity index (χ2n) is 6.83. The fraction of sp³-hybridized carbons (Fsp3) is 0.130. The number of nitrogens with one attached hydrogen (secondary N) is 1. The van der Waals surface area contributed by atoms with Crippen LogP contribution in [-0.4, -0.2) is 16.5 Å². The van der Waals surface area contributed by atoms with E-state index in [4.69, 9.17) is 0 Å². The highest BCUT2D eigenvalue weighted by Gasteiger charge is 2.22. The average Bonchev–Trinajstić information content (AvgIpc) is 2.73. The summed E-state index contributed by atoms with van der Waals surface area (Å²) in [5.74, 6) is 0.379. The molecule has 3 aromatic carbocycles. The summed E-state index contributed by atoms with van der Waals surface area (Å²) in [6.07, 6.45) is 5.30. The molecule has 3 heteroatoms. The summed E-state index contributed by atoms with van der Waals surface area (Å²) in [6, 6.07) is 22.1. The highest BCUT2D eigenvalue weighted by atomic mass is 14.9. The van der Waals surface area contributed by atoms with E-state index in [2.05, 4.69) is 75.9 Å². The number of hydrogen-bond donors (Lipinski definition) is 1. The van der Waals surface area contributed by atoms with Crippen LogP contribution >= 0.6 is 0 Å². The van der Waals surface area contributed by atoms with Crippen LogP contribution in [0, 0.1) is 0 Å². The first-order valence-corrected chi connectivity index (χ1v) is 8.96. The Kier molecular flexibility index (Phi) is 3.72. The molecule has 2 heterocycles. The molecule has 1 aliphatic rings. The van der Waals surface area contributed by atoms with Crippen LogP contribution in [0.15, 0.2) is 79.4 Å². The van der Waals surface area contributed by atoms with Crippen molar-refractivity contribution in [1.82, 2.24) is 15.3 Å². The van der Waals surface area contributed by atoms with E-state index in [1.54, 1.807) is 6.33 Å². The van der Waals surface area contributed by atoms with Gasteiger partial charge in [-0.15, -0.1) is 0 Å². The van der Waals surface area contributed by atoms with Gasteiger partial charge in [0, 0.05) is 37.0 Å². The van der Waals surface area contributed by atoms with Crippen molar-refractivity contribution >= 4 is 10.8 Å². The quantitative estimate of drug-likeness (QED) is 0.584. The fourth-order valence-corrected chi connectivity index (χ4v) is 3.91. The van der Waals surface area contributed by atoms with Gasteiger partial charge in [-0.05, 0) is 39.1 Å². The Morgan fingerprint density at radius 1 is 0.808 bits per heavy atom. The normalized spacial score (nSPS) is 16.4. The summed E-state index contributed by atoms with van der Waals surface area (Å²) in [5, 5.41) is 6.18. The molecule has 0 bridgehead atoms. The van der Waals surface area contributed by atoms with Gasteiger partial charge in [-0.3, -0.25) is 0 Å². The maximum atomic E-state index is 4.14. The van der Waals surface area contributed by atoms with E-state index in [1.807, 2.05) is 12.4 Å². The maximum absolute atomic E-state index is 4.14. The lowest BCUT2D eigenvalue weighted by Crippen LogP contribution is -2.28. The van der Waals surface area contributed by atoms with Gasteiger partial charge < -0.3 is 5.32 Å². The third kappa shape index (κ3) is 2.67. The Morgan fingerprint density at radius 3 is 2.54 bits per heavy atom. The summed E-state index contributed by atoms with van der Waals surface area (Å²) >= 11 is 0. The Hall–Kier alpha value is -3.04. The molecule has 0 aliphatic carbocycles. The Morgan fingerprint density at radius 2 is 1.65 bits per heavy atom. The van der Waals surface area contributed by atoms with Gasteiger partial charge >= 0.3 is 0 Å². The van der Waals surface area contributed by atoms with Gasteiger partial charge in [-0.1, -0.05) is 54.6 Å². The molecule has 1 aromatic heterocycles. The fourth-order valence-electron chi connectivity index (χ4n) is 3.91. The van der Waals surface area contributed by atoms with Crippen LogP contribution in [0.3, 0.4) is 0 Å². The predicted octanol–water partition coefficient (Wildman–Crippen LogP) is 4.53. The van der Waals surface area contributed by atoms with Crippen molar-refractivity contribution in [2.45, 2.75) is 12.5 Å². The minimum absolute atomic E-state index is 0.379. The van der Waals surface area contributed by atoms with Crippen LogP contribution < -0.4 is 5.32 Å².